The number of methoxy groups -OCH3 is 1. The lowest BCUT2D eigenvalue weighted by molar-refractivity contribution is 0.304. The van der Waals surface area contributed by atoms with Gasteiger partial charge < -0.3 is 10.1 Å². The molecule has 1 aromatic heterocycles. The van der Waals surface area contributed by atoms with Crippen molar-refractivity contribution < 1.29 is 4.74 Å². The Balaban J connectivity index is 2.02. The minimum Gasteiger partial charge on any atom is -0.497 e. The third-order valence-electron chi connectivity index (χ3n) is 2.42. The number of allylic oxidation sites excluding steroid dienone is 3. The van der Waals surface area contributed by atoms with E-state index in [4.69, 9.17) is 27.9 Å². The third-order valence-corrected chi connectivity index (χ3v) is 2.76. The highest BCUT2D eigenvalue weighted by Crippen LogP contribution is 2.14. The molecule has 1 N–H and O–H groups in total. The van der Waals surface area contributed by atoms with Gasteiger partial charge in [0.15, 0.2) is 0 Å². The van der Waals surface area contributed by atoms with Gasteiger partial charge in [0.25, 0.3) is 0 Å². The molecule has 0 aliphatic heterocycles. The van der Waals surface area contributed by atoms with Crippen LogP contribution in [-0.4, -0.2) is 28.6 Å². The topological polar surface area (TPSA) is 59.9 Å². The van der Waals surface area contributed by atoms with Gasteiger partial charge >= 0.3 is 0 Å². The fourth-order valence-corrected chi connectivity index (χ4v) is 1.92. The number of anilines is 1. The highest BCUT2D eigenvalue weighted by atomic mass is 35.5. The normalized spacial score (nSPS) is 17.8. The number of nitrogens with one attached hydrogen (secondary N) is 1. The lowest BCUT2D eigenvalue weighted by Gasteiger charge is -2.10. The Bertz CT molecular complexity index is 522. The lowest BCUT2D eigenvalue weighted by Crippen LogP contribution is -2.13. The summed E-state index contributed by atoms with van der Waals surface area (Å²) in [4.78, 5) is 11.6. The first-order valence-corrected chi connectivity index (χ1v) is 6.34. The molecule has 1 unspecified atom stereocenters. The van der Waals surface area contributed by atoms with Crippen molar-refractivity contribution in [3.8, 4) is 0 Å². The first-order chi connectivity index (χ1) is 9.17. The SMILES string of the molecule is COC1=CC(CNc2nc(Cl)nc(Cl)n2)C=CC=C1. The summed E-state index contributed by atoms with van der Waals surface area (Å²) in [5, 5.41) is 3.19. The molecule has 0 saturated heterocycles. The Hall–Kier alpha value is -1.59. The van der Waals surface area contributed by atoms with Crippen LogP contribution in [0.15, 0.2) is 36.1 Å². The van der Waals surface area contributed by atoms with Gasteiger partial charge in [-0.3, -0.25) is 0 Å². The van der Waals surface area contributed by atoms with Crippen LogP contribution in [0.4, 0.5) is 5.95 Å². The Morgan fingerprint density at radius 2 is 1.95 bits per heavy atom. The molecule has 0 amide bonds. The molecule has 1 aromatic rings. The van der Waals surface area contributed by atoms with E-state index in [0.29, 0.717) is 12.5 Å². The zero-order valence-electron chi connectivity index (χ0n) is 10.2. The third kappa shape index (κ3) is 4.22. The van der Waals surface area contributed by atoms with Gasteiger partial charge in [-0.05, 0) is 35.4 Å². The van der Waals surface area contributed by atoms with E-state index in [9.17, 15) is 0 Å². The highest BCUT2D eigenvalue weighted by Gasteiger charge is 2.08. The second-order valence-corrected chi connectivity index (χ2v) is 4.44. The molecule has 7 heteroatoms. The maximum absolute atomic E-state index is 5.70. The number of aromatic nitrogens is 3. The van der Waals surface area contributed by atoms with E-state index in [-0.39, 0.29) is 16.5 Å². The maximum Gasteiger partial charge on any atom is 0.228 e. The zero-order chi connectivity index (χ0) is 13.7. The van der Waals surface area contributed by atoms with Gasteiger partial charge in [0.05, 0.1) is 7.11 Å². The number of hydrogen-bond acceptors (Lipinski definition) is 5. The Morgan fingerprint density at radius 3 is 2.63 bits per heavy atom. The first kappa shape index (κ1) is 13.8. The molecule has 0 spiro atoms. The molecule has 1 heterocycles. The van der Waals surface area contributed by atoms with Gasteiger partial charge in [-0.15, -0.1) is 0 Å². The standard InChI is InChI=1S/C12H12Cl2N4O/c1-19-9-5-3-2-4-8(6-9)7-15-12-17-10(13)16-11(14)18-12/h2-6,8H,7H2,1H3,(H,15,16,17,18). The van der Waals surface area contributed by atoms with Crippen molar-refractivity contribution in [2.45, 2.75) is 0 Å². The summed E-state index contributed by atoms with van der Waals surface area (Å²) in [7, 11) is 1.64. The van der Waals surface area contributed by atoms with Gasteiger partial charge in [-0.25, -0.2) is 0 Å². The molecule has 0 bridgehead atoms. The minimum atomic E-state index is 0.0636. The van der Waals surface area contributed by atoms with Crippen LogP contribution in [0.5, 0.6) is 0 Å². The monoisotopic (exact) mass is 298 g/mol. The molecule has 1 aliphatic carbocycles. The Kier molecular flexibility index (Phi) is 4.76. The summed E-state index contributed by atoms with van der Waals surface area (Å²) in [5.41, 5.74) is 0. The van der Waals surface area contributed by atoms with Crippen molar-refractivity contribution in [3.63, 3.8) is 0 Å². The average molecular weight is 299 g/mol. The average Bonchev–Trinajstić information content (AvgIpc) is 2.60. The molecule has 0 fully saturated rings. The molecule has 1 aliphatic rings. The fourth-order valence-electron chi connectivity index (χ4n) is 1.56. The first-order valence-electron chi connectivity index (χ1n) is 5.59. The quantitative estimate of drug-likeness (QED) is 0.926. The van der Waals surface area contributed by atoms with E-state index in [1.165, 1.54) is 0 Å². The van der Waals surface area contributed by atoms with Gasteiger partial charge in [-0.2, -0.15) is 15.0 Å². The minimum absolute atomic E-state index is 0.0636. The zero-order valence-corrected chi connectivity index (χ0v) is 11.7. The van der Waals surface area contributed by atoms with E-state index in [1.807, 2.05) is 30.4 Å². The number of rotatable bonds is 4. The molecule has 19 heavy (non-hydrogen) atoms. The summed E-state index contributed by atoms with van der Waals surface area (Å²) in [6.45, 7) is 0.599. The number of halogens is 2. The second kappa shape index (κ2) is 6.54. The predicted molar refractivity (Wildman–Crippen MR) is 75.2 cm³/mol. The van der Waals surface area contributed by atoms with Crippen LogP contribution in [0.2, 0.25) is 10.6 Å². The van der Waals surface area contributed by atoms with E-state index < -0.39 is 0 Å². The van der Waals surface area contributed by atoms with Gasteiger partial charge in [0.1, 0.15) is 5.76 Å². The van der Waals surface area contributed by atoms with Crippen LogP contribution in [0.3, 0.4) is 0 Å². The smallest absolute Gasteiger partial charge is 0.228 e. The fraction of sp³-hybridized carbons (Fsp3) is 0.250. The van der Waals surface area contributed by atoms with E-state index >= 15 is 0 Å². The Labute approximate surface area is 121 Å². The molecule has 2 rings (SSSR count). The molecule has 0 saturated carbocycles. The predicted octanol–water partition coefficient (Wildman–Crippen LogP) is 2.86. The van der Waals surface area contributed by atoms with Crippen LogP contribution in [0.1, 0.15) is 0 Å². The van der Waals surface area contributed by atoms with E-state index in [2.05, 4.69) is 20.3 Å². The van der Waals surface area contributed by atoms with Gasteiger partial charge in [0.2, 0.25) is 16.5 Å². The van der Waals surface area contributed by atoms with E-state index in [1.54, 1.807) is 7.11 Å². The van der Waals surface area contributed by atoms with Crippen LogP contribution in [0, 0.1) is 5.92 Å². The van der Waals surface area contributed by atoms with Crippen LogP contribution >= 0.6 is 23.2 Å². The molecule has 0 radical (unpaired) electrons. The highest BCUT2D eigenvalue weighted by molar-refractivity contribution is 6.31. The molecular weight excluding hydrogens is 287 g/mol. The van der Waals surface area contributed by atoms with Crippen LogP contribution < -0.4 is 5.32 Å². The molecule has 100 valence electrons. The largest absolute Gasteiger partial charge is 0.497 e. The van der Waals surface area contributed by atoms with Crippen molar-refractivity contribution in [1.29, 1.82) is 0 Å². The summed E-state index contributed by atoms with van der Waals surface area (Å²) in [6, 6.07) is 0. The number of ether oxygens (including phenoxy) is 1. The van der Waals surface area contributed by atoms with Gasteiger partial charge in [-0.1, -0.05) is 18.2 Å². The lowest BCUT2D eigenvalue weighted by atomic mass is 10.1. The van der Waals surface area contributed by atoms with Crippen molar-refractivity contribution in [2.24, 2.45) is 5.92 Å². The summed E-state index contributed by atoms with van der Waals surface area (Å²) in [5.74, 6) is 1.31. The summed E-state index contributed by atoms with van der Waals surface area (Å²) in [6.07, 6.45) is 9.82. The van der Waals surface area contributed by atoms with Crippen molar-refractivity contribution in [3.05, 3.63) is 46.7 Å². The summed E-state index contributed by atoms with van der Waals surface area (Å²) >= 11 is 11.4. The van der Waals surface area contributed by atoms with Crippen molar-refractivity contribution >= 4 is 29.2 Å². The molecule has 1 atom stereocenters. The van der Waals surface area contributed by atoms with Crippen molar-refractivity contribution in [1.82, 2.24) is 15.0 Å². The number of nitrogens with zero attached hydrogens (tertiary/aromatic N) is 3. The molecular formula is C12H12Cl2N4O. The van der Waals surface area contributed by atoms with E-state index in [0.717, 1.165) is 5.76 Å². The van der Waals surface area contributed by atoms with Crippen molar-refractivity contribution in [2.75, 3.05) is 19.0 Å². The molecule has 5 nitrogen and oxygen atoms in total. The van der Waals surface area contributed by atoms with Crippen LogP contribution in [-0.2, 0) is 4.74 Å². The van der Waals surface area contributed by atoms with Crippen LogP contribution in [0.25, 0.3) is 0 Å². The summed E-state index contributed by atoms with van der Waals surface area (Å²) < 4.78 is 5.21. The Morgan fingerprint density at radius 1 is 1.21 bits per heavy atom. The second-order valence-electron chi connectivity index (χ2n) is 3.76. The number of hydrogen-bond donors (Lipinski definition) is 1. The maximum atomic E-state index is 5.70. The van der Waals surface area contributed by atoms with Gasteiger partial charge in [0, 0.05) is 12.5 Å². The molecule has 0 aromatic carbocycles.